The van der Waals surface area contributed by atoms with E-state index < -0.39 is 10.6 Å². The van der Waals surface area contributed by atoms with Crippen molar-refractivity contribution in [3.63, 3.8) is 0 Å². The third-order valence-electron chi connectivity index (χ3n) is 17.1. The van der Waals surface area contributed by atoms with Crippen LogP contribution in [0.3, 0.4) is 0 Å². The van der Waals surface area contributed by atoms with Gasteiger partial charge in [-0.15, -0.1) is 0 Å². The van der Waals surface area contributed by atoms with Gasteiger partial charge in [0, 0.05) is 44.7 Å². The number of rotatable bonds is 8. The molecule has 1 amide bonds. The van der Waals surface area contributed by atoms with Gasteiger partial charge < -0.3 is 15.4 Å². The van der Waals surface area contributed by atoms with Crippen LogP contribution in [-0.2, 0) is 9.53 Å². The van der Waals surface area contributed by atoms with E-state index in [2.05, 4.69) is 75.3 Å². The molecule has 1 aliphatic heterocycles. The van der Waals surface area contributed by atoms with Gasteiger partial charge in [-0.3, -0.25) is 18.8 Å². The molecule has 5 fully saturated rings. The number of nitrogens with one attached hydrogen (secondary N) is 2. The summed E-state index contributed by atoms with van der Waals surface area (Å²) in [7, 11) is -0.955. The molecular weight excluding hydrogens is 683 g/mol. The number of hydrogen-bond acceptors (Lipinski definition) is 7. The Kier molecular flexibility index (Phi) is 10.3. The van der Waals surface area contributed by atoms with Gasteiger partial charge in [0.15, 0.2) is 0 Å². The van der Waals surface area contributed by atoms with Crippen LogP contribution in [0.5, 0.6) is 0 Å². The van der Waals surface area contributed by atoms with Gasteiger partial charge in [-0.1, -0.05) is 52.8 Å². The second-order valence-corrected chi connectivity index (χ2v) is 22.1. The van der Waals surface area contributed by atoms with Gasteiger partial charge in [0.1, 0.15) is 0 Å². The van der Waals surface area contributed by atoms with E-state index in [0.29, 0.717) is 46.7 Å². The molecule has 0 bridgehead atoms. The molecule has 6 aliphatic rings. The summed E-state index contributed by atoms with van der Waals surface area (Å²) in [6.07, 6.45) is 13.4. The van der Waals surface area contributed by atoms with Crippen molar-refractivity contribution in [2.24, 2.45) is 51.2 Å². The first-order valence-corrected chi connectivity index (χ1v) is 22.7. The van der Waals surface area contributed by atoms with E-state index in [-0.39, 0.29) is 45.1 Å². The Labute approximate surface area is 321 Å². The van der Waals surface area contributed by atoms with Crippen molar-refractivity contribution in [3.05, 3.63) is 41.5 Å². The molecule has 1 heterocycles. The van der Waals surface area contributed by atoms with Gasteiger partial charge in [0.25, 0.3) is 0 Å². The fraction of sp³-hybridized carbons (Fsp3) is 0.773. The van der Waals surface area contributed by atoms with E-state index in [0.717, 1.165) is 39.0 Å². The minimum absolute atomic E-state index is 0.0142. The number of allylic oxidation sites excluding steroid dienone is 2. The number of methoxy groups -OCH3 is 1. The number of carbonyl (C=O) groups is 2. The van der Waals surface area contributed by atoms with Crippen molar-refractivity contribution in [2.45, 2.75) is 118 Å². The topological polar surface area (TPSA) is 111 Å². The maximum absolute atomic E-state index is 12.4. The van der Waals surface area contributed by atoms with Gasteiger partial charge >= 0.3 is 5.97 Å². The summed E-state index contributed by atoms with van der Waals surface area (Å²) >= 11 is 0. The van der Waals surface area contributed by atoms with Crippen LogP contribution in [0.4, 0.5) is 0 Å². The summed E-state index contributed by atoms with van der Waals surface area (Å²) in [5, 5.41) is 7.59. The summed E-state index contributed by atoms with van der Waals surface area (Å²) in [6.45, 7) is 20.3. The Morgan fingerprint density at radius 1 is 0.925 bits per heavy atom. The minimum atomic E-state index is -2.39. The number of benzene rings is 1. The molecule has 0 aromatic heterocycles. The molecule has 1 aromatic rings. The fourth-order valence-corrected chi connectivity index (χ4v) is 15.7. The lowest BCUT2D eigenvalue weighted by Crippen LogP contribution is -2.68. The number of amides is 1. The third kappa shape index (κ3) is 6.44. The largest absolute Gasteiger partial charge is 0.465 e. The molecule has 4 N–H and O–H groups in total. The zero-order chi connectivity index (χ0) is 38.2. The predicted molar refractivity (Wildman–Crippen MR) is 216 cm³/mol. The molecule has 9 heteroatoms. The zero-order valence-corrected chi connectivity index (χ0v) is 34.7. The molecule has 5 aliphatic carbocycles. The predicted octanol–water partition coefficient (Wildman–Crippen LogP) is 8.48. The van der Waals surface area contributed by atoms with E-state index in [9.17, 15) is 18.7 Å². The van der Waals surface area contributed by atoms with Crippen LogP contribution < -0.4 is 10.6 Å². The Morgan fingerprint density at radius 2 is 1.62 bits per heavy atom. The van der Waals surface area contributed by atoms with Crippen molar-refractivity contribution in [3.8, 4) is 0 Å². The quantitative estimate of drug-likeness (QED) is 0.197. The highest BCUT2D eigenvalue weighted by Gasteiger charge is 2.70. The fourth-order valence-electron chi connectivity index (χ4n) is 14.4. The second kappa shape index (κ2) is 13.9. The number of esters is 1. The lowest BCUT2D eigenvalue weighted by molar-refractivity contribution is -0.221. The smallest absolute Gasteiger partial charge is 0.337 e. The van der Waals surface area contributed by atoms with Crippen LogP contribution in [0.1, 0.15) is 122 Å². The average molecular weight is 752 g/mol. The zero-order valence-electron chi connectivity index (χ0n) is 33.9. The van der Waals surface area contributed by atoms with Crippen molar-refractivity contribution in [1.29, 1.82) is 0 Å². The number of carbonyl (C=O) groups excluding carboxylic acids is 2. The molecule has 4 saturated carbocycles. The summed E-state index contributed by atoms with van der Waals surface area (Å²) in [5.41, 5.74) is 4.01. The normalized spacial score (nSPS) is 41.4. The van der Waals surface area contributed by atoms with Crippen molar-refractivity contribution in [1.82, 2.24) is 15.5 Å². The molecule has 1 unspecified atom stereocenters. The molecule has 1 saturated heterocycles. The van der Waals surface area contributed by atoms with Crippen molar-refractivity contribution < 1.29 is 23.4 Å². The van der Waals surface area contributed by atoms with Gasteiger partial charge in [0.05, 0.1) is 24.2 Å². The molecule has 7 rings (SSSR count). The number of nitrogens with zero attached hydrogens (tertiary/aromatic N) is 1. The van der Waals surface area contributed by atoms with E-state index in [4.69, 9.17) is 4.74 Å². The maximum atomic E-state index is 12.4. The van der Waals surface area contributed by atoms with Gasteiger partial charge in [-0.2, -0.15) is 10.6 Å². The number of fused-ring (bicyclic) bond motifs is 7. The molecule has 8 nitrogen and oxygen atoms in total. The first kappa shape index (κ1) is 39.3. The average Bonchev–Trinajstić information content (AvgIpc) is 3.48. The number of hydrogen-bond donors (Lipinski definition) is 4. The molecule has 0 spiro atoms. The SMILES string of the molecule is COC(=O)c1ccc(C2=CC[C@]3(C)[C@H]4CC[C@@H]5[C@H]6[C@H](C(C)NC(C)=O)CC[C@]6(NCCN6CCS(O)(O)CC6)CC[C@@]5(C)[C@]4(C)CC[C@H]3C2(C)C)cc1. The molecule has 53 heavy (non-hydrogen) atoms. The standard InChI is InChI=1S/C44H69N3O5S/c1-29(46-30(2)48)33-15-20-44(45-23-24-47-25-27-53(50,51)28-26-47)22-21-42(6)35(38(33)44)13-14-37-41(5)18-16-34(31-9-11-32(12-10-31)39(49)52-8)40(3,4)36(41)17-19-43(37,42)7/h9-12,16,29,33,35-38,45,50-51H,13-15,17-28H2,1-8H3,(H,46,48)/t29?,33-,35+,36-,37+,38+,41-,42+,43+,44-/m0/s1. The molecule has 10 atom stereocenters. The Morgan fingerprint density at radius 3 is 2.28 bits per heavy atom. The van der Waals surface area contributed by atoms with E-state index in [1.54, 1.807) is 6.92 Å². The Bertz CT molecular complexity index is 1590. The van der Waals surface area contributed by atoms with Crippen LogP contribution in [0.2, 0.25) is 0 Å². The maximum Gasteiger partial charge on any atom is 0.337 e. The highest BCUT2D eigenvalue weighted by Crippen LogP contribution is 2.76. The third-order valence-corrected chi connectivity index (χ3v) is 18.8. The Balaban J connectivity index is 1.16. The Hall–Kier alpha value is -1.91. The second-order valence-electron chi connectivity index (χ2n) is 19.6. The first-order valence-electron chi connectivity index (χ1n) is 20.8. The molecule has 1 aromatic carbocycles. The summed E-state index contributed by atoms with van der Waals surface area (Å²) in [6, 6.07) is 8.21. The highest BCUT2D eigenvalue weighted by atomic mass is 32.3. The van der Waals surface area contributed by atoms with Crippen LogP contribution in [-0.4, -0.2) is 82.3 Å². The van der Waals surface area contributed by atoms with Gasteiger partial charge in [-0.05, 0) is 139 Å². The van der Waals surface area contributed by atoms with E-state index in [1.807, 2.05) is 12.1 Å². The van der Waals surface area contributed by atoms with Crippen molar-refractivity contribution in [2.75, 3.05) is 44.8 Å². The molecule has 0 radical (unpaired) electrons. The van der Waals surface area contributed by atoms with Crippen LogP contribution in [0.25, 0.3) is 5.57 Å². The molecular formula is C44H69N3O5S. The first-order chi connectivity index (χ1) is 24.9. The van der Waals surface area contributed by atoms with Gasteiger partial charge in [0.2, 0.25) is 5.91 Å². The van der Waals surface area contributed by atoms with Crippen molar-refractivity contribution >= 4 is 28.0 Å². The summed E-state index contributed by atoms with van der Waals surface area (Å²) in [4.78, 5) is 27.0. The lowest BCUT2D eigenvalue weighted by atomic mass is 9.33. The highest BCUT2D eigenvalue weighted by molar-refractivity contribution is 8.24. The van der Waals surface area contributed by atoms with Crippen LogP contribution in [0.15, 0.2) is 30.3 Å². The monoisotopic (exact) mass is 751 g/mol. The van der Waals surface area contributed by atoms with E-state index >= 15 is 0 Å². The lowest BCUT2D eigenvalue weighted by Gasteiger charge is -2.72. The minimum Gasteiger partial charge on any atom is -0.465 e. The van der Waals surface area contributed by atoms with E-state index in [1.165, 1.54) is 63.2 Å². The van der Waals surface area contributed by atoms with Crippen LogP contribution >= 0.6 is 10.6 Å². The van der Waals surface area contributed by atoms with Gasteiger partial charge in [-0.25, -0.2) is 4.79 Å². The molecule has 296 valence electrons. The van der Waals surface area contributed by atoms with Crippen LogP contribution in [0, 0.1) is 51.2 Å². The summed E-state index contributed by atoms with van der Waals surface area (Å²) in [5.74, 6) is 3.58. The summed E-state index contributed by atoms with van der Waals surface area (Å²) < 4.78 is 25.3. The number of ether oxygens (including phenoxy) is 1.